The Morgan fingerprint density at radius 2 is 1.62 bits per heavy atom. The Balaban J connectivity index is 1.40. The maximum absolute atomic E-state index is 15.4. The van der Waals surface area contributed by atoms with Gasteiger partial charge in [0.1, 0.15) is 18.8 Å². The number of nitrogens with zero attached hydrogens (tertiary/aromatic N) is 2. The van der Waals surface area contributed by atoms with Gasteiger partial charge >= 0.3 is 0 Å². The van der Waals surface area contributed by atoms with Crippen LogP contribution in [0.2, 0.25) is 5.02 Å². The number of hydrogen-bond donors (Lipinski definition) is 2. The summed E-state index contributed by atoms with van der Waals surface area (Å²) in [6, 6.07) is 15.0. The Morgan fingerprint density at radius 1 is 0.929 bits per heavy atom. The van der Waals surface area contributed by atoms with Crippen molar-refractivity contribution in [3.05, 3.63) is 83.3 Å². The Hall–Kier alpha value is -4.57. The van der Waals surface area contributed by atoms with Crippen LogP contribution >= 0.6 is 11.6 Å². The van der Waals surface area contributed by atoms with Gasteiger partial charge in [-0.15, -0.1) is 0 Å². The van der Waals surface area contributed by atoms with Gasteiger partial charge in [-0.05, 0) is 31.2 Å². The molecular weight excluding hydrogens is 566 g/mol. The monoisotopic (exact) mass is 592 g/mol. The van der Waals surface area contributed by atoms with Gasteiger partial charge < -0.3 is 20.1 Å². The standard InChI is InChI=1S/C31H27ClF2N4O4/c1-17(39)22-15-37(26-12-6-10-24(29(22)26)35-18(2)40)16-28(41)38-14-19(33)13-27(38)31(42)36-25-11-5-8-21(30(25)34)20-7-3-4-9-23(20)32/h3-12,15,19,27H,13-14,16H2,1-2H3,(H,35,40)(H,36,42)/t19-,27+/m1/s1. The number of aromatic nitrogens is 1. The molecule has 3 aromatic carbocycles. The first-order valence-corrected chi connectivity index (χ1v) is 13.6. The molecule has 0 unspecified atom stereocenters. The van der Waals surface area contributed by atoms with E-state index in [1.165, 1.54) is 36.7 Å². The summed E-state index contributed by atoms with van der Waals surface area (Å²) in [5, 5.41) is 6.02. The number of fused-ring (bicyclic) bond motifs is 1. The van der Waals surface area contributed by atoms with Gasteiger partial charge in [0.2, 0.25) is 17.7 Å². The summed E-state index contributed by atoms with van der Waals surface area (Å²) in [4.78, 5) is 52.0. The van der Waals surface area contributed by atoms with E-state index >= 15 is 4.39 Å². The molecule has 1 fully saturated rings. The molecule has 4 aromatic rings. The van der Waals surface area contributed by atoms with Crippen LogP contribution in [0, 0.1) is 5.82 Å². The first kappa shape index (κ1) is 28.9. The maximum atomic E-state index is 15.4. The number of rotatable bonds is 7. The number of halogens is 3. The highest BCUT2D eigenvalue weighted by atomic mass is 35.5. The molecule has 8 nitrogen and oxygen atoms in total. The number of hydrogen-bond acceptors (Lipinski definition) is 4. The highest BCUT2D eigenvalue weighted by molar-refractivity contribution is 6.33. The van der Waals surface area contributed by atoms with Crippen molar-refractivity contribution < 1.29 is 28.0 Å². The van der Waals surface area contributed by atoms with Crippen molar-refractivity contribution in [1.82, 2.24) is 9.47 Å². The summed E-state index contributed by atoms with van der Waals surface area (Å²) in [5.41, 5.74) is 1.73. The van der Waals surface area contributed by atoms with Gasteiger partial charge in [0, 0.05) is 46.6 Å². The van der Waals surface area contributed by atoms with Crippen LogP contribution in [0.25, 0.3) is 22.0 Å². The Labute approximate surface area is 245 Å². The van der Waals surface area contributed by atoms with Crippen LogP contribution in [0.3, 0.4) is 0 Å². The molecule has 0 bridgehead atoms. The number of nitrogens with one attached hydrogen (secondary N) is 2. The van der Waals surface area contributed by atoms with Crippen LogP contribution in [-0.2, 0) is 20.9 Å². The first-order chi connectivity index (χ1) is 20.0. The van der Waals surface area contributed by atoms with Crippen LogP contribution in [0.4, 0.5) is 20.2 Å². The lowest BCUT2D eigenvalue weighted by atomic mass is 10.0. The third-order valence-electron chi connectivity index (χ3n) is 7.20. The van der Waals surface area contributed by atoms with E-state index in [1.54, 1.807) is 48.5 Å². The van der Waals surface area contributed by atoms with E-state index in [0.29, 0.717) is 32.7 Å². The van der Waals surface area contributed by atoms with Gasteiger partial charge in [-0.25, -0.2) is 8.78 Å². The van der Waals surface area contributed by atoms with Gasteiger partial charge in [-0.1, -0.05) is 48.0 Å². The smallest absolute Gasteiger partial charge is 0.247 e. The number of carbonyl (C=O) groups excluding carboxylic acids is 4. The fourth-order valence-electron chi connectivity index (χ4n) is 5.32. The minimum atomic E-state index is -1.45. The van der Waals surface area contributed by atoms with E-state index in [2.05, 4.69) is 10.6 Å². The number of benzene rings is 3. The largest absolute Gasteiger partial charge is 0.337 e. The molecule has 1 aliphatic rings. The van der Waals surface area contributed by atoms with Crippen molar-refractivity contribution in [3.8, 4) is 11.1 Å². The lowest BCUT2D eigenvalue weighted by molar-refractivity contribution is -0.137. The third-order valence-corrected chi connectivity index (χ3v) is 7.53. The molecular formula is C31H27ClF2N4O4. The zero-order valence-electron chi connectivity index (χ0n) is 22.8. The van der Waals surface area contributed by atoms with E-state index in [9.17, 15) is 23.6 Å². The van der Waals surface area contributed by atoms with Crippen LogP contribution in [0.15, 0.2) is 66.9 Å². The molecule has 2 heterocycles. The number of Topliss-reactive ketones (excluding diaryl/α,β-unsaturated/α-hetero) is 1. The lowest BCUT2D eigenvalue weighted by Gasteiger charge is -2.24. The topological polar surface area (TPSA) is 101 Å². The number of alkyl halides is 1. The quantitative estimate of drug-likeness (QED) is 0.263. The Morgan fingerprint density at radius 3 is 2.33 bits per heavy atom. The van der Waals surface area contributed by atoms with E-state index in [1.807, 2.05) is 0 Å². The normalized spacial score (nSPS) is 16.5. The molecule has 216 valence electrons. The average Bonchev–Trinajstić information content (AvgIpc) is 3.52. The Bertz CT molecular complexity index is 1740. The van der Waals surface area contributed by atoms with Gasteiger partial charge in [-0.2, -0.15) is 0 Å². The second-order valence-corrected chi connectivity index (χ2v) is 10.5. The molecule has 42 heavy (non-hydrogen) atoms. The second-order valence-electron chi connectivity index (χ2n) is 10.1. The van der Waals surface area contributed by atoms with Crippen molar-refractivity contribution in [2.75, 3.05) is 17.2 Å². The van der Waals surface area contributed by atoms with E-state index in [-0.39, 0.29) is 42.5 Å². The highest BCUT2D eigenvalue weighted by Crippen LogP contribution is 2.34. The van der Waals surface area contributed by atoms with Crippen molar-refractivity contribution in [2.45, 2.75) is 39.0 Å². The average molecular weight is 593 g/mol. The maximum Gasteiger partial charge on any atom is 0.247 e. The molecule has 0 radical (unpaired) electrons. The minimum Gasteiger partial charge on any atom is -0.337 e. The minimum absolute atomic E-state index is 0.125. The van der Waals surface area contributed by atoms with Gasteiger partial charge in [0.25, 0.3) is 0 Å². The number of anilines is 2. The summed E-state index contributed by atoms with van der Waals surface area (Å²) < 4.78 is 31.6. The van der Waals surface area contributed by atoms with Crippen LogP contribution in [0.1, 0.15) is 30.6 Å². The fraction of sp³-hybridized carbons (Fsp3) is 0.226. The lowest BCUT2D eigenvalue weighted by Crippen LogP contribution is -2.44. The molecule has 11 heteroatoms. The molecule has 1 aliphatic heterocycles. The SMILES string of the molecule is CC(=O)Nc1cccc2c1c(C(C)=O)cn2CC(=O)N1C[C@H](F)C[C@H]1C(=O)Nc1cccc(-c2ccccc2Cl)c1F. The fourth-order valence-corrected chi connectivity index (χ4v) is 5.56. The van der Waals surface area contributed by atoms with Gasteiger partial charge in [-0.3, -0.25) is 19.2 Å². The van der Waals surface area contributed by atoms with Crippen LogP contribution in [-0.4, -0.2) is 51.7 Å². The highest BCUT2D eigenvalue weighted by Gasteiger charge is 2.40. The predicted molar refractivity (Wildman–Crippen MR) is 157 cm³/mol. The summed E-state index contributed by atoms with van der Waals surface area (Å²) in [6.45, 7) is 2.12. The molecule has 3 amide bonds. The van der Waals surface area contributed by atoms with Crippen LogP contribution in [0.5, 0.6) is 0 Å². The number of carbonyl (C=O) groups is 4. The zero-order valence-corrected chi connectivity index (χ0v) is 23.5. The van der Waals surface area contributed by atoms with Crippen molar-refractivity contribution >= 4 is 57.4 Å². The molecule has 5 rings (SSSR count). The number of amides is 3. The van der Waals surface area contributed by atoms with Gasteiger partial charge in [0.05, 0.1) is 23.4 Å². The number of likely N-dealkylation sites (tertiary alicyclic amines) is 1. The Kier molecular flexibility index (Phi) is 8.08. The molecule has 2 N–H and O–H groups in total. The van der Waals surface area contributed by atoms with Crippen LogP contribution < -0.4 is 10.6 Å². The van der Waals surface area contributed by atoms with E-state index in [4.69, 9.17) is 11.6 Å². The number of ketones is 1. The van der Waals surface area contributed by atoms with Crippen molar-refractivity contribution in [2.24, 2.45) is 0 Å². The summed E-state index contributed by atoms with van der Waals surface area (Å²) in [5.74, 6) is -2.59. The van der Waals surface area contributed by atoms with E-state index < -0.39 is 29.8 Å². The molecule has 1 aromatic heterocycles. The van der Waals surface area contributed by atoms with E-state index in [0.717, 1.165) is 4.90 Å². The summed E-state index contributed by atoms with van der Waals surface area (Å²) in [6.07, 6.45) is -0.199. The first-order valence-electron chi connectivity index (χ1n) is 13.2. The van der Waals surface area contributed by atoms with Crippen molar-refractivity contribution in [1.29, 1.82) is 0 Å². The molecule has 0 saturated carbocycles. The third kappa shape index (κ3) is 5.62. The van der Waals surface area contributed by atoms with Crippen molar-refractivity contribution in [3.63, 3.8) is 0 Å². The molecule has 0 aliphatic carbocycles. The zero-order chi connectivity index (χ0) is 30.1. The predicted octanol–water partition coefficient (Wildman–Crippen LogP) is 5.84. The molecule has 2 atom stereocenters. The molecule has 0 spiro atoms. The summed E-state index contributed by atoms with van der Waals surface area (Å²) in [7, 11) is 0. The summed E-state index contributed by atoms with van der Waals surface area (Å²) >= 11 is 6.24. The van der Waals surface area contributed by atoms with Gasteiger partial charge in [0.15, 0.2) is 11.6 Å². The second kappa shape index (κ2) is 11.7. The molecule has 1 saturated heterocycles.